The molecule has 0 aliphatic heterocycles. The molecular weight excluding hydrogens is 234 g/mol. The monoisotopic (exact) mass is 263 g/mol. The number of hydrogen-bond donors (Lipinski definition) is 1. The second-order valence-corrected chi connectivity index (χ2v) is 5.38. The highest BCUT2D eigenvalue weighted by Gasteiger charge is 2.06. The molecule has 0 aliphatic rings. The normalized spacial score (nSPS) is 12.7. The van der Waals surface area contributed by atoms with Crippen molar-refractivity contribution >= 4 is 0 Å². The summed E-state index contributed by atoms with van der Waals surface area (Å²) in [6.45, 7) is 7.98. The highest BCUT2D eigenvalue weighted by molar-refractivity contribution is 5.27. The summed E-state index contributed by atoms with van der Waals surface area (Å²) in [6.07, 6.45) is 4.86. The Hall–Kier alpha value is -1.02. The molecular formula is C17H29NO. The Balaban J connectivity index is 2.27. The largest absolute Gasteiger partial charge is 0.497 e. The third kappa shape index (κ3) is 6.11. The third-order valence-electron chi connectivity index (χ3n) is 3.93. The molecule has 2 heteroatoms. The van der Waals surface area contributed by atoms with Crippen LogP contribution >= 0.6 is 0 Å². The van der Waals surface area contributed by atoms with E-state index in [-0.39, 0.29) is 0 Å². The smallest absolute Gasteiger partial charge is 0.118 e. The van der Waals surface area contributed by atoms with Crippen molar-refractivity contribution in [2.45, 2.75) is 52.5 Å². The molecule has 1 rings (SSSR count). The fourth-order valence-corrected chi connectivity index (χ4v) is 2.22. The van der Waals surface area contributed by atoms with Gasteiger partial charge in [0.1, 0.15) is 5.75 Å². The number of ether oxygens (including phenoxy) is 1. The summed E-state index contributed by atoms with van der Waals surface area (Å²) in [6, 6.07) is 8.98. The van der Waals surface area contributed by atoms with Crippen molar-refractivity contribution in [3.63, 3.8) is 0 Å². The van der Waals surface area contributed by atoms with Gasteiger partial charge in [0.2, 0.25) is 0 Å². The van der Waals surface area contributed by atoms with Gasteiger partial charge >= 0.3 is 0 Å². The van der Waals surface area contributed by atoms with Gasteiger partial charge < -0.3 is 10.1 Å². The average Bonchev–Trinajstić information content (AvgIpc) is 2.46. The standard InChI is InChI=1S/C17H29NO/c1-5-15(6-2)13-18-14(3)7-8-16-9-11-17(19-4)12-10-16/h9-12,14-15,18H,5-8,13H2,1-4H3. The average molecular weight is 263 g/mol. The second-order valence-electron chi connectivity index (χ2n) is 5.38. The van der Waals surface area contributed by atoms with E-state index in [0.29, 0.717) is 6.04 Å². The minimum atomic E-state index is 0.586. The molecule has 19 heavy (non-hydrogen) atoms. The third-order valence-corrected chi connectivity index (χ3v) is 3.93. The first kappa shape index (κ1) is 16.0. The van der Waals surface area contributed by atoms with E-state index in [9.17, 15) is 0 Å². The second kappa shape index (κ2) is 8.98. The molecule has 2 nitrogen and oxygen atoms in total. The lowest BCUT2D eigenvalue weighted by molar-refractivity contribution is 0.407. The van der Waals surface area contributed by atoms with Crippen molar-refractivity contribution in [1.82, 2.24) is 5.32 Å². The van der Waals surface area contributed by atoms with Gasteiger partial charge in [0, 0.05) is 6.04 Å². The maximum atomic E-state index is 5.17. The van der Waals surface area contributed by atoms with Crippen LogP contribution in [0.4, 0.5) is 0 Å². The lowest BCUT2D eigenvalue weighted by Gasteiger charge is -2.18. The highest BCUT2D eigenvalue weighted by Crippen LogP contribution is 2.13. The zero-order valence-corrected chi connectivity index (χ0v) is 12.9. The molecule has 1 atom stereocenters. The molecule has 1 aromatic rings. The van der Waals surface area contributed by atoms with Crippen LogP contribution in [0.25, 0.3) is 0 Å². The number of benzene rings is 1. The van der Waals surface area contributed by atoms with Crippen molar-refractivity contribution in [1.29, 1.82) is 0 Å². The SMILES string of the molecule is CCC(CC)CNC(C)CCc1ccc(OC)cc1. The Morgan fingerprint density at radius 1 is 1.11 bits per heavy atom. The van der Waals surface area contributed by atoms with Crippen molar-refractivity contribution in [2.24, 2.45) is 5.92 Å². The van der Waals surface area contributed by atoms with Crippen LogP contribution in [0.5, 0.6) is 5.75 Å². The molecule has 0 saturated heterocycles. The van der Waals surface area contributed by atoms with Gasteiger partial charge in [-0.05, 0) is 49.9 Å². The molecule has 0 bridgehead atoms. The first-order valence-corrected chi connectivity index (χ1v) is 7.55. The summed E-state index contributed by atoms with van der Waals surface area (Å²) in [4.78, 5) is 0. The van der Waals surface area contributed by atoms with Gasteiger partial charge in [-0.15, -0.1) is 0 Å². The molecule has 108 valence electrons. The van der Waals surface area contributed by atoms with Crippen LogP contribution in [0.3, 0.4) is 0 Å². The van der Waals surface area contributed by atoms with E-state index in [1.54, 1.807) is 7.11 Å². The minimum Gasteiger partial charge on any atom is -0.497 e. The van der Waals surface area contributed by atoms with Gasteiger partial charge in [-0.3, -0.25) is 0 Å². The molecule has 1 aromatic carbocycles. The van der Waals surface area contributed by atoms with Gasteiger partial charge in [-0.25, -0.2) is 0 Å². The molecule has 0 aromatic heterocycles. The fourth-order valence-electron chi connectivity index (χ4n) is 2.22. The fraction of sp³-hybridized carbons (Fsp3) is 0.647. The van der Waals surface area contributed by atoms with Crippen LogP contribution in [0, 0.1) is 5.92 Å². The van der Waals surface area contributed by atoms with Gasteiger partial charge in [-0.1, -0.05) is 38.8 Å². The van der Waals surface area contributed by atoms with E-state index in [0.717, 1.165) is 24.6 Å². The summed E-state index contributed by atoms with van der Waals surface area (Å²) < 4.78 is 5.17. The molecule has 0 radical (unpaired) electrons. The summed E-state index contributed by atoms with van der Waals surface area (Å²) in [5.41, 5.74) is 1.39. The molecule has 0 aliphatic carbocycles. The molecule has 0 spiro atoms. The Morgan fingerprint density at radius 2 is 1.74 bits per heavy atom. The van der Waals surface area contributed by atoms with Gasteiger partial charge in [-0.2, -0.15) is 0 Å². The highest BCUT2D eigenvalue weighted by atomic mass is 16.5. The topological polar surface area (TPSA) is 21.3 Å². The Morgan fingerprint density at radius 3 is 2.26 bits per heavy atom. The predicted octanol–water partition coefficient (Wildman–Crippen LogP) is 4.04. The maximum absolute atomic E-state index is 5.17. The number of rotatable bonds is 9. The summed E-state index contributed by atoms with van der Waals surface area (Å²) in [5, 5.41) is 3.65. The van der Waals surface area contributed by atoms with Crippen LogP contribution in [0.1, 0.15) is 45.6 Å². The van der Waals surface area contributed by atoms with Gasteiger partial charge in [0.05, 0.1) is 7.11 Å². The van der Waals surface area contributed by atoms with E-state index in [4.69, 9.17) is 4.74 Å². The molecule has 0 amide bonds. The van der Waals surface area contributed by atoms with Gasteiger partial charge in [0.25, 0.3) is 0 Å². The van der Waals surface area contributed by atoms with Crippen LogP contribution in [-0.2, 0) is 6.42 Å². The molecule has 1 unspecified atom stereocenters. The number of nitrogens with one attached hydrogen (secondary N) is 1. The molecule has 0 heterocycles. The molecule has 1 N–H and O–H groups in total. The summed E-state index contributed by atoms with van der Waals surface area (Å²) in [7, 11) is 1.71. The van der Waals surface area contributed by atoms with Crippen LogP contribution < -0.4 is 10.1 Å². The van der Waals surface area contributed by atoms with E-state index >= 15 is 0 Å². The van der Waals surface area contributed by atoms with Crippen LogP contribution in [0.15, 0.2) is 24.3 Å². The Labute approximate surface area is 118 Å². The lowest BCUT2D eigenvalue weighted by Crippen LogP contribution is -2.31. The molecule has 0 fully saturated rings. The van der Waals surface area contributed by atoms with Crippen molar-refractivity contribution < 1.29 is 4.74 Å². The summed E-state index contributed by atoms with van der Waals surface area (Å²) >= 11 is 0. The summed E-state index contributed by atoms with van der Waals surface area (Å²) in [5.74, 6) is 1.76. The van der Waals surface area contributed by atoms with E-state index in [2.05, 4.69) is 38.2 Å². The maximum Gasteiger partial charge on any atom is 0.118 e. The molecule has 0 saturated carbocycles. The van der Waals surface area contributed by atoms with Crippen molar-refractivity contribution in [2.75, 3.05) is 13.7 Å². The first-order chi connectivity index (χ1) is 9.19. The predicted molar refractivity (Wildman–Crippen MR) is 82.9 cm³/mol. The van der Waals surface area contributed by atoms with E-state index in [1.807, 2.05) is 12.1 Å². The van der Waals surface area contributed by atoms with Crippen molar-refractivity contribution in [3.05, 3.63) is 29.8 Å². The Kier molecular flexibility index (Phi) is 7.57. The first-order valence-electron chi connectivity index (χ1n) is 7.55. The Bertz CT molecular complexity index is 330. The van der Waals surface area contributed by atoms with Crippen LogP contribution in [0.2, 0.25) is 0 Å². The van der Waals surface area contributed by atoms with Gasteiger partial charge in [0.15, 0.2) is 0 Å². The zero-order valence-electron chi connectivity index (χ0n) is 12.9. The number of methoxy groups -OCH3 is 1. The lowest BCUT2D eigenvalue weighted by atomic mass is 10.0. The number of hydrogen-bond acceptors (Lipinski definition) is 2. The number of aryl methyl sites for hydroxylation is 1. The minimum absolute atomic E-state index is 0.586. The quantitative estimate of drug-likeness (QED) is 0.726. The van der Waals surface area contributed by atoms with E-state index < -0.39 is 0 Å². The van der Waals surface area contributed by atoms with Crippen molar-refractivity contribution in [3.8, 4) is 5.75 Å². The van der Waals surface area contributed by atoms with Crippen LogP contribution in [-0.4, -0.2) is 19.7 Å². The van der Waals surface area contributed by atoms with E-state index in [1.165, 1.54) is 24.8 Å². The zero-order chi connectivity index (χ0) is 14.1.